The molecule has 0 aromatic heterocycles. The predicted octanol–water partition coefficient (Wildman–Crippen LogP) is 3.69. The second kappa shape index (κ2) is 11.2. The van der Waals surface area contributed by atoms with Gasteiger partial charge in [-0.15, -0.1) is 0 Å². The largest absolute Gasteiger partial charge is 0.481 e. The van der Waals surface area contributed by atoms with Crippen LogP contribution in [0.3, 0.4) is 0 Å². The van der Waals surface area contributed by atoms with Crippen LogP contribution in [0.2, 0.25) is 0 Å². The van der Waals surface area contributed by atoms with E-state index in [4.69, 9.17) is 14.6 Å². The number of carbonyl (C=O) groups excluding carboxylic acids is 2. The van der Waals surface area contributed by atoms with E-state index in [1.165, 1.54) is 7.11 Å². The topological polar surface area (TPSA) is 114 Å². The van der Waals surface area contributed by atoms with Crippen molar-refractivity contribution in [1.29, 1.82) is 0 Å². The van der Waals surface area contributed by atoms with Gasteiger partial charge in [-0.2, -0.15) is 0 Å². The van der Waals surface area contributed by atoms with Gasteiger partial charge in [0.15, 0.2) is 0 Å². The molecule has 1 unspecified atom stereocenters. The van der Waals surface area contributed by atoms with E-state index in [-0.39, 0.29) is 32.0 Å². The van der Waals surface area contributed by atoms with E-state index in [0.717, 1.165) is 22.3 Å². The molecule has 0 saturated carbocycles. The first kappa shape index (κ1) is 25.2. The van der Waals surface area contributed by atoms with Crippen molar-refractivity contribution in [3.63, 3.8) is 0 Å². The molecule has 3 rings (SSSR count). The number of benzene rings is 2. The molecule has 2 amide bonds. The number of carboxylic acids is 1. The monoisotopic (exact) mass is 468 g/mol. The highest BCUT2D eigenvalue weighted by Crippen LogP contribution is 2.44. The highest BCUT2D eigenvalue weighted by Gasteiger charge is 2.40. The molecule has 2 aromatic carbocycles. The lowest BCUT2D eigenvalue weighted by Crippen LogP contribution is -2.62. The third-order valence-corrected chi connectivity index (χ3v) is 6.36. The Kier molecular flexibility index (Phi) is 8.28. The number of carbonyl (C=O) groups is 3. The first-order valence-electron chi connectivity index (χ1n) is 11.5. The van der Waals surface area contributed by atoms with Crippen LogP contribution >= 0.6 is 0 Å². The van der Waals surface area contributed by atoms with Gasteiger partial charge in [-0.25, -0.2) is 4.79 Å². The van der Waals surface area contributed by atoms with Gasteiger partial charge < -0.3 is 25.2 Å². The first-order valence-corrected chi connectivity index (χ1v) is 11.5. The maximum atomic E-state index is 13.1. The lowest BCUT2D eigenvalue weighted by molar-refractivity contribution is -0.138. The molecule has 1 aliphatic rings. The van der Waals surface area contributed by atoms with Crippen LogP contribution in [-0.2, 0) is 19.1 Å². The lowest BCUT2D eigenvalue weighted by Gasteiger charge is -2.33. The molecular weight excluding hydrogens is 436 g/mol. The molecule has 0 saturated heterocycles. The molecule has 0 heterocycles. The first-order chi connectivity index (χ1) is 16.3. The SMILES string of the molecule is CC[C@@H](CC(=O)O)NC(=O)C(CC)(COC)NC(=O)OCC1c2ccccc2-c2ccccc21. The normalized spacial score (nSPS) is 14.9. The summed E-state index contributed by atoms with van der Waals surface area (Å²) < 4.78 is 10.8. The Bertz CT molecular complexity index is 994. The fourth-order valence-electron chi connectivity index (χ4n) is 4.42. The van der Waals surface area contributed by atoms with Crippen LogP contribution in [-0.4, -0.2) is 55.0 Å². The molecule has 8 nitrogen and oxygen atoms in total. The van der Waals surface area contributed by atoms with Crippen molar-refractivity contribution in [2.45, 2.75) is 50.6 Å². The molecular formula is C26H32N2O6. The summed E-state index contributed by atoms with van der Waals surface area (Å²) in [6.07, 6.45) is -0.266. The van der Waals surface area contributed by atoms with E-state index in [9.17, 15) is 14.4 Å². The molecule has 1 aliphatic carbocycles. The summed E-state index contributed by atoms with van der Waals surface area (Å²) in [6, 6.07) is 15.5. The van der Waals surface area contributed by atoms with Gasteiger partial charge in [0.25, 0.3) is 0 Å². The number of rotatable bonds is 11. The molecule has 0 bridgehead atoms. The number of aliphatic carboxylic acids is 1. The van der Waals surface area contributed by atoms with Crippen molar-refractivity contribution in [3.8, 4) is 11.1 Å². The lowest BCUT2D eigenvalue weighted by atomic mass is 9.95. The Morgan fingerprint density at radius 2 is 1.62 bits per heavy atom. The van der Waals surface area contributed by atoms with E-state index < -0.39 is 29.6 Å². The standard InChI is InChI=1S/C26H32N2O6/c1-4-17(14-23(29)30)27-24(31)26(5-2,16-33-3)28-25(32)34-15-22-20-12-8-6-10-18(20)19-11-7-9-13-21(19)22/h6-13,17,22H,4-5,14-16H2,1-3H3,(H,27,31)(H,28,32)(H,29,30)/t17-,26?/m0/s1. The molecule has 3 N–H and O–H groups in total. The van der Waals surface area contributed by atoms with E-state index in [2.05, 4.69) is 22.8 Å². The van der Waals surface area contributed by atoms with E-state index in [1.54, 1.807) is 13.8 Å². The zero-order valence-corrected chi connectivity index (χ0v) is 19.8. The minimum atomic E-state index is -1.39. The molecule has 2 aromatic rings. The Morgan fingerprint density at radius 3 is 2.12 bits per heavy atom. The summed E-state index contributed by atoms with van der Waals surface area (Å²) in [4.78, 5) is 37.0. The third kappa shape index (κ3) is 5.39. The van der Waals surface area contributed by atoms with Crippen LogP contribution in [0.1, 0.15) is 50.2 Å². The maximum absolute atomic E-state index is 13.1. The molecule has 34 heavy (non-hydrogen) atoms. The number of hydrogen-bond acceptors (Lipinski definition) is 5. The summed E-state index contributed by atoms with van der Waals surface area (Å²) in [5.41, 5.74) is 3.04. The van der Waals surface area contributed by atoms with Crippen LogP contribution in [0.25, 0.3) is 11.1 Å². The zero-order valence-electron chi connectivity index (χ0n) is 19.8. The van der Waals surface area contributed by atoms with Gasteiger partial charge in [0.05, 0.1) is 13.0 Å². The van der Waals surface area contributed by atoms with Crippen molar-refractivity contribution in [3.05, 3.63) is 59.7 Å². The van der Waals surface area contributed by atoms with Gasteiger partial charge in [0, 0.05) is 19.1 Å². The van der Waals surface area contributed by atoms with Gasteiger partial charge in [0.1, 0.15) is 12.1 Å². The summed E-state index contributed by atoms with van der Waals surface area (Å²) in [6.45, 7) is 3.57. The van der Waals surface area contributed by atoms with Crippen LogP contribution in [0.5, 0.6) is 0 Å². The zero-order chi connectivity index (χ0) is 24.7. The Balaban J connectivity index is 1.72. The third-order valence-electron chi connectivity index (χ3n) is 6.36. The second-order valence-corrected chi connectivity index (χ2v) is 8.50. The number of methoxy groups -OCH3 is 1. The van der Waals surface area contributed by atoms with Crippen LogP contribution in [0.4, 0.5) is 4.79 Å². The predicted molar refractivity (Wildman–Crippen MR) is 128 cm³/mol. The average Bonchev–Trinajstić information content (AvgIpc) is 3.15. The Labute approximate surface area is 199 Å². The van der Waals surface area contributed by atoms with Crippen LogP contribution in [0, 0.1) is 0 Å². The second-order valence-electron chi connectivity index (χ2n) is 8.50. The fraction of sp³-hybridized carbons (Fsp3) is 0.423. The number of hydrogen-bond donors (Lipinski definition) is 3. The molecule has 0 spiro atoms. The van der Waals surface area contributed by atoms with Crippen LogP contribution in [0.15, 0.2) is 48.5 Å². The number of amides is 2. The van der Waals surface area contributed by atoms with Crippen molar-refractivity contribution >= 4 is 18.0 Å². The Morgan fingerprint density at radius 1 is 1.03 bits per heavy atom. The van der Waals surface area contributed by atoms with Crippen molar-refractivity contribution in [2.75, 3.05) is 20.3 Å². The van der Waals surface area contributed by atoms with E-state index >= 15 is 0 Å². The Hall–Kier alpha value is -3.39. The number of fused-ring (bicyclic) bond motifs is 3. The number of ether oxygens (including phenoxy) is 2. The minimum absolute atomic E-state index is 0.0803. The van der Waals surface area contributed by atoms with Gasteiger partial charge in [0.2, 0.25) is 5.91 Å². The van der Waals surface area contributed by atoms with E-state index in [1.807, 2.05) is 36.4 Å². The quantitative estimate of drug-likeness (QED) is 0.464. The van der Waals surface area contributed by atoms with Gasteiger partial charge in [-0.1, -0.05) is 62.4 Å². The van der Waals surface area contributed by atoms with Crippen molar-refractivity contribution < 1.29 is 29.0 Å². The number of alkyl carbamates (subject to hydrolysis) is 1. The van der Waals surface area contributed by atoms with E-state index in [0.29, 0.717) is 6.42 Å². The number of nitrogens with one attached hydrogen (secondary N) is 2. The summed E-state index contributed by atoms with van der Waals surface area (Å²) in [5.74, 6) is -1.62. The molecule has 0 fully saturated rings. The number of carboxylic acid groups (broad SMARTS) is 1. The summed E-state index contributed by atoms with van der Waals surface area (Å²) in [5, 5.41) is 14.5. The average molecular weight is 469 g/mol. The van der Waals surface area contributed by atoms with Crippen molar-refractivity contribution in [1.82, 2.24) is 10.6 Å². The summed E-state index contributed by atoms with van der Waals surface area (Å²) in [7, 11) is 1.44. The molecule has 2 atom stereocenters. The van der Waals surface area contributed by atoms with Gasteiger partial charge >= 0.3 is 12.1 Å². The fourth-order valence-corrected chi connectivity index (χ4v) is 4.42. The maximum Gasteiger partial charge on any atom is 0.408 e. The molecule has 182 valence electrons. The van der Waals surface area contributed by atoms with Crippen LogP contribution < -0.4 is 10.6 Å². The van der Waals surface area contributed by atoms with Gasteiger partial charge in [-0.05, 0) is 35.1 Å². The highest BCUT2D eigenvalue weighted by atomic mass is 16.5. The van der Waals surface area contributed by atoms with Crippen molar-refractivity contribution in [2.24, 2.45) is 0 Å². The van der Waals surface area contributed by atoms with Gasteiger partial charge in [-0.3, -0.25) is 9.59 Å². The molecule has 0 radical (unpaired) electrons. The molecule has 0 aliphatic heterocycles. The molecule has 8 heteroatoms. The minimum Gasteiger partial charge on any atom is -0.481 e. The summed E-state index contributed by atoms with van der Waals surface area (Å²) >= 11 is 0. The highest BCUT2D eigenvalue weighted by molar-refractivity contribution is 5.90. The smallest absolute Gasteiger partial charge is 0.408 e.